The Morgan fingerprint density at radius 2 is 1.70 bits per heavy atom. The van der Waals surface area contributed by atoms with E-state index >= 15 is 0 Å². The van der Waals surface area contributed by atoms with Gasteiger partial charge in [0.05, 0.1) is 22.8 Å². The number of rotatable bonds is 8. The number of aromatic nitrogens is 4. The quantitative estimate of drug-likeness (QED) is 0.207. The summed E-state index contributed by atoms with van der Waals surface area (Å²) in [6.07, 6.45) is 9.71. The van der Waals surface area contributed by atoms with E-state index in [9.17, 15) is 13.5 Å². The van der Waals surface area contributed by atoms with Crippen molar-refractivity contribution in [3.63, 3.8) is 0 Å². The molecule has 3 N–H and O–H groups in total. The highest BCUT2D eigenvalue weighted by Crippen LogP contribution is 2.40. The van der Waals surface area contributed by atoms with Crippen molar-refractivity contribution < 1.29 is 27.6 Å². The highest BCUT2D eigenvalue weighted by molar-refractivity contribution is 7.85. The average molecular weight is 608 g/mol. The van der Waals surface area contributed by atoms with Crippen LogP contribution < -0.4 is 10.1 Å². The van der Waals surface area contributed by atoms with Crippen molar-refractivity contribution in [2.45, 2.75) is 68.9 Å². The van der Waals surface area contributed by atoms with Crippen LogP contribution in [0, 0.1) is 6.92 Å². The summed E-state index contributed by atoms with van der Waals surface area (Å²) in [7, 11) is -4.02. The lowest BCUT2D eigenvalue weighted by Gasteiger charge is -2.21. The van der Waals surface area contributed by atoms with Gasteiger partial charge in [0, 0.05) is 43.3 Å². The van der Waals surface area contributed by atoms with Crippen LogP contribution >= 0.6 is 0 Å². The van der Waals surface area contributed by atoms with Gasteiger partial charge in [-0.25, -0.2) is 4.98 Å². The summed E-state index contributed by atoms with van der Waals surface area (Å²) < 4.78 is 43.5. The van der Waals surface area contributed by atoms with E-state index in [1.54, 1.807) is 38.4 Å². The molecule has 2 fully saturated rings. The van der Waals surface area contributed by atoms with Crippen LogP contribution in [-0.4, -0.2) is 51.0 Å². The zero-order valence-corrected chi connectivity index (χ0v) is 25.3. The Balaban J connectivity index is 0.000000283. The normalized spacial score (nSPS) is 15.8. The van der Waals surface area contributed by atoms with Gasteiger partial charge in [0.2, 0.25) is 0 Å². The van der Waals surface area contributed by atoms with Crippen LogP contribution in [0.4, 0.5) is 11.5 Å². The van der Waals surface area contributed by atoms with Crippen LogP contribution in [-0.2, 0) is 20.5 Å². The summed E-state index contributed by atoms with van der Waals surface area (Å²) in [6, 6.07) is 13.9. The third-order valence-corrected chi connectivity index (χ3v) is 8.06. The number of nitrogens with one attached hydrogen (secondary N) is 1. The minimum absolute atomic E-state index is 0.0666. The number of aryl methyl sites for hydroxylation is 1. The molecule has 0 radical (unpaired) electrons. The Bertz CT molecular complexity index is 1640. The molecule has 228 valence electrons. The summed E-state index contributed by atoms with van der Waals surface area (Å²) in [5, 5.41) is 18.4. The maximum absolute atomic E-state index is 10.5. The molecule has 6 rings (SSSR count). The molecule has 4 aromatic rings. The first-order chi connectivity index (χ1) is 20.5. The van der Waals surface area contributed by atoms with Gasteiger partial charge in [0.25, 0.3) is 10.1 Å². The standard InChI is InChI=1S/C24H29N5O3.C7H8O3S/c1-24(2,30)21-13-17(5-9-25-21)27-22-14-19(6-10-26-22)32-20-15-29(18-3-4-18)28-23(20)16-7-11-31-12-8-16;1-6-2-4-7(5-3-6)11(8,9)10/h5-6,9-10,13-16,18,30H,3-4,7-8,11-12H2,1-2H3,(H,25,26,27);2-5H,1H3,(H,8,9,10). The van der Waals surface area contributed by atoms with Crippen molar-refractivity contribution in [2.75, 3.05) is 18.5 Å². The number of benzene rings is 1. The maximum atomic E-state index is 10.5. The first-order valence-corrected chi connectivity index (χ1v) is 15.7. The summed E-state index contributed by atoms with van der Waals surface area (Å²) in [4.78, 5) is 8.59. The first-order valence-electron chi connectivity index (χ1n) is 14.3. The molecule has 43 heavy (non-hydrogen) atoms. The monoisotopic (exact) mass is 607 g/mol. The first kappa shape index (κ1) is 30.6. The molecule has 0 unspecified atom stereocenters. The number of ether oxygens (including phenoxy) is 2. The Kier molecular flexibility index (Phi) is 9.11. The van der Waals surface area contributed by atoms with Crippen molar-refractivity contribution in [3.05, 3.63) is 84.1 Å². The Hall–Kier alpha value is -3.84. The van der Waals surface area contributed by atoms with Crippen molar-refractivity contribution in [1.29, 1.82) is 0 Å². The topological polar surface area (TPSA) is 149 Å². The molecule has 12 heteroatoms. The van der Waals surface area contributed by atoms with Gasteiger partial charge in [0.1, 0.15) is 22.9 Å². The van der Waals surface area contributed by atoms with Gasteiger partial charge in [-0.05, 0) is 76.8 Å². The molecule has 11 nitrogen and oxygen atoms in total. The van der Waals surface area contributed by atoms with Gasteiger partial charge in [-0.2, -0.15) is 13.5 Å². The second-order valence-corrected chi connectivity index (χ2v) is 12.8. The fourth-order valence-electron chi connectivity index (χ4n) is 4.62. The van der Waals surface area contributed by atoms with Crippen molar-refractivity contribution in [2.24, 2.45) is 0 Å². The van der Waals surface area contributed by atoms with E-state index in [1.807, 2.05) is 37.4 Å². The Labute approximate surface area is 251 Å². The van der Waals surface area contributed by atoms with E-state index < -0.39 is 15.7 Å². The summed E-state index contributed by atoms with van der Waals surface area (Å²) in [5.41, 5.74) is 2.35. The number of aliphatic hydroxyl groups is 1. The van der Waals surface area contributed by atoms with Gasteiger partial charge in [-0.3, -0.25) is 14.2 Å². The number of anilines is 2. The fourth-order valence-corrected chi connectivity index (χ4v) is 5.10. The minimum atomic E-state index is -4.02. The third kappa shape index (κ3) is 8.38. The van der Waals surface area contributed by atoms with E-state index in [1.165, 1.54) is 25.0 Å². The van der Waals surface area contributed by atoms with Crippen molar-refractivity contribution in [3.8, 4) is 11.5 Å². The molecule has 0 amide bonds. The van der Waals surface area contributed by atoms with E-state index in [4.69, 9.17) is 19.1 Å². The zero-order valence-electron chi connectivity index (χ0n) is 24.5. The highest BCUT2D eigenvalue weighted by atomic mass is 32.2. The van der Waals surface area contributed by atoms with Crippen molar-refractivity contribution >= 4 is 21.6 Å². The van der Waals surface area contributed by atoms with E-state index in [0.717, 1.165) is 48.7 Å². The second kappa shape index (κ2) is 12.8. The Morgan fingerprint density at radius 3 is 2.35 bits per heavy atom. The lowest BCUT2D eigenvalue weighted by atomic mass is 9.96. The van der Waals surface area contributed by atoms with Crippen LogP contribution in [0.1, 0.15) is 68.4 Å². The number of hydrogen-bond acceptors (Lipinski definition) is 9. The molecule has 3 aromatic heterocycles. The van der Waals surface area contributed by atoms with Crippen LogP contribution in [0.2, 0.25) is 0 Å². The molecule has 4 heterocycles. The lowest BCUT2D eigenvalue weighted by molar-refractivity contribution is 0.0739. The number of nitrogens with zero attached hydrogens (tertiary/aromatic N) is 4. The van der Waals surface area contributed by atoms with Gasteiger partial charge in [-0.15, -0.1) is 0 Å². The van der Waals surface area contributed by atoms with Crippen LogP contribution in [0.5, 0.6) is 11.5 Å². The predicted octanol–water partition coefficient (Wildman–Crippen LogP) is 5.91. The highest BCUT2D eigenvalue weighted by Gasteiger charge is 2.30. The molecule has 0 bridgehead atoms. The molecule has 1 aliphatic carbocycles. The number of pyridine rings is 2. The van der Waals surface area contributed by atoms with E-state index in [2.05, 4.69) is 20.0 Å². The maximum Gasteiger partial charge on any atom is 0.294 e. The summed E-state index contributed by atoms with van der Waals surface area (Å²) in [5.74, 6) is 2.52. The summed E-state index contributed by atoms with van der Waals surface area (Å²) >= 11 is 0. The van der Waals surface area contributed by atoms with E-state index in [-0.39, 0.29) is 4.90 Å². The minimum Gasteiger partial charge on any atom is -0.454 e. The molecule has 0 atom stereocenters. The molecule has 1 saturated heterocycles. The van der Waals surface area contributed by atoms with Gasteiger partial charge < -0.3 is 19.9 Å². The molecule has 1 saturated carbocycles. The van der Waals surface area contributed by atoms with Crippen LogP contribution in [0.25, 0.3) is 0 Å². The van der Waals surface area contributed by atoms with E-state index in [0.29, 0.717) is 29.2 Å². The third-order valence-electron chi connectivity index (χ3n) is 7.19. The second-order valence-electron chi connectivity index (χ2n) is 11.4. The van der Waals surface area contributed by atoms with Crippen LogP contribution in [0.15, 0.2) is 72.0 Å². The largest absolute Gasteiger partial charge is 0.454 e. The molecular formula is C31H37N5O6S. The average Bonchev–Trinajstić information content (AvgIpc) is 3.74. The molecule has 1 aliphatic heterocycles. The predicted molar refractivity (Wildman–Crippen MR) is 161 cm³/mol. The molecule has 2 aliphatic rings. The SMILES string of the molecule is CC(C)(O)c1cc(Nc2cc(Oc3cn(C4CC4)nc3C3CCOCC3)ccn2)ccn1.Cc1ccc(S(=O)(=O)O)cc1. The summed E-state index contributed by atoms with van der Waals surface area (Å²) in [6.45, 7) is 6.80. The van der Waals surface area contributed by atoms with Gasteiger partial charge in [0.15, 0.2) is 5.75 Å². The van der Waals surface area contributed by atoms with Gasteiger partial charge >= 0.3 is 0 Å². The lowest BCUT2D eigenvalue weighted by Crippen LogP contribution is -2.17. The van der Waals surface area contributed by atoms with Crippen molar-refractivity contribution in [1.82, 2.24) is 19.7 Å². The smallest absolute Gasteiger partial charge is 0.294 e. The Morgan fingerprint density at radius 1 is 1.00 bits per heavy atom. The molecule has 0 spiro atoms. The van der Waals surface area contributed by atoms with Crippen LogP contribution in [0.3, 0.4) is 0 Å². The zero-order chi connectivity index (χ0) is 30.6. The fraction of sp³-hybridized carbons (Fsp3) is 0.387. The molecular weight excluding hydrogens is 570 g/mol. The molecule has 1 aromatic carbocycles. The number of hydrogen-bond donors (Lipinski definition) is 3. The van der Waals surface area contributed by atoms with Gasteiger partial charge in [-0.1, -0.05) is 17.7 Å².